The van der Waals surface area contributed by atoms with Crippen LogP contribution in [0.3, 0.4) is 0 Å². The molecule has 0 spiro atoms. The predicted molar refractivity (Wildman–Crippen MR) is 85.3 cm³/mol. The largest absolute Gasteiger partial charge is 0.413 e. The first-order valence-corrected chi connectivity index (χ1v) is 7.71. The standard InChI is InChI=1S/C16H15ClF3N3O/c1-10(11-6-4-3-5-7-11)23-14-21-12(17)8-13(24)22(14)9-15(23,2)16(18,19)20/h3-8,10H,9H2,1-2H3/t10?,15-/m0/s1. The lowest BCUT2D eigenvalue weighted by Gasteiger charge is -2.40. The Morgan fingerprint density at radius 2 is 1.92 bits per heavy atom. The number of halogens is 4. The van der Waals surface area contributed by atoms with E-state index in [-0.39, 0.29) is 11.1 Å². The highest BCUT2D eigenvalue weighted by molar-refractivity contribution is 6.29. The van der Waals surface area contributed by atoms with E-state index in [1.54, 1.807) is 37.3 Å². The second kappa shape index (κ2) is 5.51. The molecule has 3 rings (SSSR count). The van der Waals surface area contributed by atoms with Gasteiger partial charge in [0.25, 0.3) is 5.56 Å². The molecule has 1 aromatic carbocycles. The Morgan fingerprint density at radius 1 is 1.29 bits per heavy atom. The van der Waals surface area contributed by atoms with Gasteiger partial charge >= 0.3 is 6.18 Å². The number of anilines is 1. The first kappa shape index (κ1) is 16.8. The average Bonchev–Trinajstić information content (AvgIpc) is 2.81. The van der Waals surface area contributed by atoms with Crippen LogP contribution in [0.1, 0.15) is 25.5 Å². The van der Waals surface area contributed by atoms with Crippen molar-refractivity contribution in [3.8, 4) is 0 Å². The SMILES string of the molecule is CC(c1ccccc1)N1c2nc(Cl)cc(=O)n2C[C@@]1(C)C(F)(F)F. The summed E-state index contributed by atoms with van der Waals surface area (Å²) < 4.78 is 42.6. The van der Waals surface area contributed by atoms with Crippen molar-refractivity contribution >= 4 is 17.5 Å². The van der Waals surface area contributed by atoms with E-state index in [1.807, 2.05) is 0 Å². The predicted octanol–water partition coefficient (Wildman–Crippen LogP) is 3.80. The van der Waals surface area contributed by atoms with Crippen LogP contribution < -0.4 is 10.5 Å². The van der Waals surface area contributed by atoms with Crippen LogP contribution in [0.4, 0.5) is 19.1 Å². The van der Waals surface area contributed by atoms with Crippen molar-refractivity contribution in [2.75, 3.05) is 4.90 Å². The molecule has 0 saturated carbocycles. The van der Waals surface area contributed by atoms with Crippen molar-refractivity contribution in [1.82, 2.24) is 9.55 Å². The molecule has 0 aliphatic carbocycles. The summed E-state index contributed by atoms with van der Waals surface area (Å²) in [4.78, 5) is 17.2. The van der Waals surface area contributed by atoms with Gasteiger partial charge in [-0.1, -0.05) is 41.9 Å². The maximum atomic E-state index is 13.9. The van der Waals surface area contributed by atoms with Crippen LogP contribution in [0.25, 0.3) is 0 Å². The molecule has 0 bridgehead atoms. The second-order valence-electron chi connectivity index (χ2n) is 6.03. The fraction of sp³-hybridized carbons (Fsp3) is 0.375. The molecular formula is C16H15ClF3N3O. The van der Waals surface area contributed by atoms with Crippen LogP contribution in [0.2, 0.25) is 5.15 Å². The van der Waals surface area contributed by atoms with Gasteiger partial charge in [-0.15, -0.1) is 0 Å². The summed E-state index contributed by atoms with van der Waals surface area (Å²) in [5, 5.41) is -0.122. The molecule has 1 aliphatic heterocycles. The van der Waals surface area contributed by atoms with Gasteiger partial charge in [-0.05, 0) is 19.4 Å². The zero-order valence-corrected chi connectivity index (χ0v) is 13.8. The van der Waals surface area contributed by atoms with E-state index >= 15 is 0 Å². The van der Waals surface area contributed by atoms with Crippen molar-refractivity contribution in [2.45, 2.75) is 38.1 Å². The Kier molecular flexibility index (Phi) is 3.86. The highest BCUT2D eigenvalue weighted by atomic mass is 35.5. The van der Waals surface area contributed by atoms with Crippen LogP contribution in [0, 0.1) is 0 Å². The summed E-state index contributed by atoms with van der Waals surface area (Å²) >= 11 is 5.82. The van der Waals surface area contributed by atoms with E-state index in [1.165, 1.54) is 0 Å². The van der Waals surface area contributed by atoms with Crippen molar-refractivity contribution in [2.24, 2.45) is 0 Å². The highest BCUT2D eigenvalue weighted by Gasteiger charge is 2.61. The molecule has 1 aromatic heterocycles. The lowest BCUT2D eigenvalue weighted by atomic mass is 9.96. The van der Waals surface area contributed by atoms with Crippen molar-refractivity contribution in [3.05, 3.63) is 57.5 Å². The molecule has 128 valence electrons. The van der Waals surface area contributed by atoms with E-state index in [0.717, 1.165) is 22.5 Å². The van der Waals surface area contributed by atoms with Crippen LogP contribution in [-0.4, -0.2) is 21.3 Å². The van der Waals surface area contributed by atoms with Crippen LogP contribution >= 0.6 is 11.6 Å². The molecule has 1 aliphatic rings. The van der Waals surface area contributed by atoms with Gasteiger partial charge in [-0.25, -0.2) is 4.98 Å². The highest BCUT2D eigenvalue weighted by Crippen LogP contribution is 2.47. The molecular weight excluding hydrogens is 343 g/mol. The Hall–Kier alpha value is -2.02. The first-order chi connectivity index (χ1) is 11.1. The molecule has 0 fully saturated rings. The molecule has 0 radical (unpaired) electrons. The molecule has 24 heavy (non-hydrogen) atoms. The van der Waals surface area contributed by atoms with Gasteiger partial charge in [-0.3, -0.25) is 9.36 Å². The maximum Gasteiger partial charge on any atom is 0.413 e. The summed E-state index contributed by atoms with van der Waals surface area (Å²) in [6.45, 7) is 2.21. The van der Waals surface area contributed by atoms with E-state index in [2.05, 4.69) is 4.98 Å². The fourth-order valence-corrected chi connectivity index (χ4v) is 3.28. The zero-order valence-electron chi connectivity index (χ0n) is 13.0. The van der Waals surface area contributed by atoms with Gasteiger partial charge in [0.05, 0.1) is 12.6 Å². The summed E-state index contributed by atoms with van der Waals surface area (Å²) in [5.74, 6) is -0.0660. The maximum absolute atomic E-state index is 13.9. The molecule has 8 heteroatoms. The topological polar surface area (TPSA) is 38.1 Å². The smallest absolute Gasteiger partial charge is 0.319 e. The Morgan fingerprint density at radius 3 is 2.50 bits per heavy atom. The summed E-state index contributed by atoms with van der Waals surface area (Å²) in [6.07, 6.45) is -4.55. The Bertz CT molecular complexity index is 822. The monoisotopic (exact) mass is 357 g/mol. The van der Waals surface area contributed by atoms with E-state index in [4.69, 9.17) is 11.6 Å². The Balaban J connectivity index is 2.21. The fourth-order valence-electron chi connectivity index (χ4n) is 3.11. The number of fused-ring (bicyclic) bond motifs is 1. The number of alkyl halides is 3. The quantitative estimate of drug-likeness (QED) is 0.767. The third-order valence-corrected chi connectivity index (χ3v) is 4.64. The third-order valence-electron chi connectivity index (χ3n) is 4.45. The minimum atomic E-state index is -4.55. The van der Waals surface area contributed by atoms with Crippen LogP contribution in [0.5, 0.6) is 0 Å². The molecule has 0 amide bonds. The molecule has 2 aromatic rings. The number of hydrogen-bond acceptors (Lipinski definition) is 3. The molecule has 2 heterocycles. The van der Waals surface area contributed by atoms with Gasteiger partial charge < -0.3 is 4.90 Å². The summed E-state index contributed by atoms with van der Waals surface area (Å²) in [6, 6.07) is 9.17. The number of hydrogen-bond donors (Lipinski definition) is 0. The van der Waals surface area contributed by atoms with Gasteiger partial charge in [0.15, 0.2) is 5.54 Å². The zero-order chi connectivity index (χ0) is 17.7. The molecule has 1 unspecified atom stereocenters. The van der Waals surface area contributed by atoms with Crippen LogP contribution in [-0.2, 0) is 6.54 Å². The van der Waals surface area contributed by atoms with Crippen LogP contribution in [0.15, 0.2) is 41.2 Å². The molecule has 0 N–H and O–H groups in total. The lowest BCUT2D eigenvalue weighted by Crippen LogP contribution is -2.56. The van der Waals surface area contributed by atoms with E-state index in [0.29, 0.717) is 5.56 Å². The van der Waals surface area contributed by atoms with Gasteiger partial charge in [0, 0.05) is 6.07 Å². The van der Waals surface area contributed by atoms with E-state index in [9.17, 15) is 18.0 Å². The molecule has 0 saturated heterocycles. The van der Waals surface area contributed by atoms with Gasteiger partial charge in [-0.2, -0.15) is 13.2 Å². The van der Waals surface area contributed by atoms with Crippen molar-refractivity contribution in [1.29, 1.82) is 0 Å². The van der Waals surface area contributed by atoms with Crippen molar-refractivity contribution < 1.29 is 13.2 Å². The number of rotatable bonds is 2. The minimum absolute atomic E-state index is 0.0660. The Labute approximate surface area is 141 Å². The second-order valence-corrected chi connectivity index (χ2v) is 6.42. The molecule has 2 atom stereocenters. The first-order valence-electron chi connectivity index (χ1n) is 7.33. The van der Waals surface area contributed by atoms with Crippen molar-refractivity contribution in [3.63, 3.8) is 0 Å². The minimum Gasteiger partial charge on any atom is -0.319 e. The third kappa shape index (κ3) is 2.47. The summed E-state index contributed by atoms with van der Waals surface area (Å²) in [5.41, 5.74) is -2.16. The normalized spacial score (nSPS) is 21.7. The number of aromatic nitrogens is 2. The number of benzene rings is 1. The van der Waals surface area contributed by atoms with Gasteiger partial charge in [0.1, 0.15) is 5.15 Å². The van der Waals surface area contributed by atoms with E-state index < -0.39 is 29.9 Å². The van der Waals surface area contributed by atoms with Gasteiger partial charge in [0.2, 0.25) is 5.95 Å². The molecule has 4 nitrogen and oxygen atoms in total. The summed E-state index contributed by atoms with van der Waals surface area (Å²) in [7, 11) is 0. The number of nitrogens with zero attached hydrogens (tertiary/aromatic N) is 3. The lowest BCUT2D eigenvalue weighted by molar-refractivity contribution is -0.183. The average molecular weight is 358 g/mol.